The Balaban J connectivity index is 1.80. The number of allylic oxidation sites excluding steroid dienone is 2. The van der Waals surface area contributed by atoms with Gasteiger partial charge < -0.3 is 15.0 Å². The summed E-state index contributed by atoms with van der Waals surface area (Å²) in [6.45, 7) is 0. The first kappa shape index (κ1) is 15.2. The van der Waals surface area contributed by atoms with E-state index in [1.165, 1.54) is 19.3 Å². The molecule has 0 bridgehead atoms. The van der Waals surface area contributed by atoms with Crippen LogP contribution in [0.3, 0.4) is 0 Å². The van der Waals surface area contributed by atoms with Crippen molar-refractivity contribution in [3.05, 3.63) is 34.8 Å². The van der Waals surface area contributed by atoms with Gasteiger partial charge in [-0.3, -0.25) is 0 Å². The summed E-state index contributed by atoms with van der Waals surface area (Å²) in [4.78, 5) is 11.0. The van der Waals surface area contributed by atoms with Gasteiger partial charge in [0.2, 0.25) is 5.95 Å². The molecule has 6 heteroatoms. The molecule has 22 heavy (non-hydrogen) atoms. The van der Waals surface area contributed by atoms with Crippen molar-refractivity contribution in [2.45, 2.75) is 38.1 Å². The second-order valence-electron chi connectivity index (χ2n) is 5.65. The number of nitrogens with zero attached hydrogens (tertiary/aromatic N) is 3. The van der Waals surface area contributed by atoms with Gasteiger partial charge >= 0.3 is 0 Å². The molecule has 1 fully saturated rings. The molecule has 0 aliphatic heterocycles. The van der Waals surface area contributed by atoms with Crippen LogP contribution in [0.15, 0.2) is 29.8 Å². The summed E-state index contributed by atoms with van der Waals surface area (Å²) in [6, 6.07) is 0.531. The maximum atomic E-state index is 6.27. The zero-order valence-corrected chi connectivity index (χ0v) is 13.7. The van der Waals surface area contributed by atoms with Crippen LogP contribution in [0.1, 0.15) is 32.1 Å². The molecule has 0 saturated heterocycles. The third-order valence-corrected chi connectivity index (χ3v) is 4.53. The van der Waals surface area contributed by atoms with Gasteiger partial charge in [-0.2, -0.15) is 4.98 Å². The SMILES string of the molecule is COC1=CCCC=C1Nc1ncc(Cl)c(N(C)C2CCC2)n1. The number of halogens is 1. The minimum atomic E-state index is 0.531. The highest BCUT2D eigenvalue weighted by Crippen LogP contribution is 2.32. The second kappa shape index (κ2) is 6.57. The van der Waals surface area contributed by atoms with Crippen molar-refractivity contribution in [3.8, 4) is 0 Å². The summed E-state index contributed by atoms with van der Waals surface area (Å²) in [7, 11) is 3.72. The lowest BCUT2D eigenvalue weighted by Crippen LogP contribution is -2.37. The number of methoxy groups -OCH3 is 1. The fourth-order valence-electron chi connectivity index (χ4n) is 2.69. The Labute approximate surface area is 136 Å². The largest absolute Gasteiger partial charge is 0.495 e. The molecule has 0 aromatic carbocycles. The molecule has 3 rings (SSSR count). The molecule has 1 saturated carbocycles. The van der Waals surface area contributed by atoms with Gasteiger partial charge in [-0.1, -0.05) is 17.7 Å². The quantitative estimate of drug-likeness (QED) is 0.895. The standard InChI is InChI=1S/C16H21ClN4O/c1-21(11-6-5-7-11)15-12(17)10-18-16(20-15)19-13-8-3-4-9-14(13)22-2/h8-11H,3-7H2,1-2H3,(H,18,19,20). The first-order valence-corrected chi connectivity index (χ1v) is 8.04. The first-order valence-electron chi connectivity index (χ1n) is 7.66. The smallest absolute Gasteiger partial charge is 0.229 e. The van der Waals surface area contributed by atoms with E-state index in [4.69, 9.17) is 16.3 Å². The van der Waals surface area contributed by atoms with Gasteiger partial charge in [0.15, 0.2) is 5.82 Å². The Morgan fingerprint density at radius 2 is 2.09 bits per heavy atom. The normalized spacial score (nSPS) is 18.1. The molecular weight excluding hydrogens is 300 g/mol. The summed E-state index contributed by atoms with van der Waals surface area (Å²) in [5.41, 5.74) is 0.910. The number of aromatic nitrogens is 2. The van der Waals surface area contributed by atoms with E-state index >= 15 is 0 Å². The monoisotopic (exact) mass is 320 g/mol. The molecule has 0 atom stereocenters. The van der Waals surface area contributed by atoms with E-state index in [9.17, 15) is 0 Å². The lowest BCUT2D eigenvalue weighted by atomic mass is 9.92. The van der Waals surface area contributed by atoms with E-state index in [0.717, 1.165) is 30.1 Å². The number of ether oxygens (including phenoxy) is 1. The minimum Gasteiger partial charge on any atom is -0.495 e. The van der Waals surface area contributed by atoms with Gasteiger partial charge in [-0.05, 0) is 38.2 Å². The molecule has 0 unspecified atom stereocenters. The number of rotatable bonds is 5. The molecule has 1 aromatic rings. The lowest BCUT2D eigenvalue weighted by Gasteiger charge is -2.35. The highest BCUT2D eigenvalue weighted by Gasteiger charge is 2.25. The second-order valence-corrected chi connectivity index (χ2v) is 6.06. The lowest BCUT2D eigenvalue weighted by molar-refractivity contribution is 0.298. The summed E-state index contributed by atoms with van der Waals surface area (Å²) in [5, 5.41) is 3.82. The number of nitrogens with one attached hydrogen (secondary N) is 1. The van der Waals surface area contributed by atoms with E-state index in [2.05, 4.69) is 32.3 Å². The first-order chi connectivity index (χ1) is 10.7. The van der Waals surface area contributed by atoms with Crippen LogP contribution in [0.2, 0.25) is 5.02 Å². The Hall–Kier alpha value is -1.75. The van der Waals surface area contributed by atoms with Crippen molar-refractivity contribution >= 4 is 23.4 Å². The fourth-order valence-corrected chi connectivity index (χ4v) is 2.92. The van der Waals surface area contributed by atoms with Crippen LogP contribution in [0.5, 0.6) is 0 Å². The molecule has 5 nitrogen and oxygen atoms in total. The average molecular weight is 321 g/mol. The maximum Gasteiger partial charge on any atom is 0.229 e. The third-order valence-electron chi connectivity index (χ3n) is 4.26. The average Bonchev–Trinajstić information content (AvgIpc) is 2.48. The third kappa shape index (κ3) is 3.04. The fraction of sp³-hybridized carbons (Fsp3) is 0.500. The van der Waals surface area contributed by atoms with Crippen LogP contribution < -0.4 is 10.2 Å². The molecule has 118 valence electrons. The summed E-state index contributed by atoms with van der Waals surface area (Å²) in [6.07, 6.45) is 11.5. The number of hydrogen-bond acceptors (Lipinski definition) is 5. The van der Waals surface area contributed by atoms with Crippen LogP contribution in [0, 0.1) is 0 Å². The highest BCUT2D eigenvalue weighted by atomic mass is 35.5. The topological polar surface area (TPSA) is 50.3 Å². The number of anilines is 2. The Morgan fingerprint density at radius 3 is 2.77 bits per heavy atom. The molecule has 1 heterocycles. The Morgan fingerprint density at radius 1 is 1.32 bits per heavy atom. The van der Waals surface area contributed by atoms with Gasteiger partial charge in [-0.15, -0.1) is 0 Å². The van der Waals surface area contributed by atoms with E-state index in [1.807, 2.05) is 7.05 Å². The van der Waals surface area contributed by atoms with E-state index in [0.29, 0.717) is 17.0 Å². The van der Waals surface area contributed by atoms with Gasteiger partial charge in [-0.25, -0.2) is 4.98 Å². The van der Waals surface area contributed by atoms with Crippen LogP contribution in [-0.4, -0.2) is 30.2 Å². The van der Waals surface area contributed by atoms with Crippen LogP contribution in [-0.2, 0) is 4.74 Å². The number of hydrogen-bond donors (Lipinski definition) is 1. The molecule has 2 aliphatic rings. The van der Waals surface area contributed by atoms with Crippen LogP contribution >= 0.6 is 11.6 Å². The predicted octanol–water partition coefficient (Wildman–Crippen LogP) is 3.74. The molecule has 1 N–H and O–H groups in total. The molecular formula is C16H21ClN4O. The van der Waals surface area contributed by atoms with E-state index in [-0.39, 0.29) is 0 Å². The molecule has 0 spiro atoms. The zero-order valence-electron chi connectivity index (χ0n) is 13.0. The van der Waals surface area contributed by atoms with Gasteiger partial charge in [0.05, 0.1) is 19.0 Å². The summed E-state index contributed by atoms with van der Waals surface area (Å²) in [5.74, 6) is 2.16. The van der Waals surface area contributed by atoms with Crippen molar-refractivity contribution in [1.29, 1.82) is 0 Å². The van der Waals surface area contributed by atoms with Gasteiger partial charge in [0, 0.05) is 13.1 Å². The minimum absolute atomic E-state index is 0.531. The molecule has 0 radical (unpaired) electrons. The Bertz CT molecular complexity index is 610. The summed E-state index contributed by atoms with van der Waals surface area (Å²) >= 11 is 6.27. The van der Waals surface area contributed by atoms with Crippen LogP contribution in [0.4, 0.5) is 11.8 Å². The summed E-state index contributed by atoms with van der Waals surface area (Å²) < 4.78 is 5.38. The Kier molecular flexibility index (Phi) is 4.52. The van der Waals surface area contributed by atoms with Gasteiger partial charge in [0.1, 0.15) is 10.8 Å². The van der Waals surface area contributed by atoms with Crippen molar-refractivity contribution in [3.63, 3.8) is 0 Å². The maximum absolute atomic E-state index is 6.27. The predicted molar refractivity (Wildman–Crippen MR) is 89.1 cm³/mol. The molecule has 0 amide bonds. The van der Waals surface area contributed by atoms with Crippen molar-refractivity contribution in [2.75, 3.05) is 24.4 Å². The van der Waals surface area contributed by atoms with Crippen LogP contribution in [0.25, 0.3) is 0 Å². The highest BCUT2D eigenvalue weighted by molar-refractivity contribution is 6.32. The molecule has 1 aromatic heterocycles. The van der Waals surface area contributed by atoms with E-state index < -0.39 is 0 Å². The van der Waals surface area contributed by atoms with Crippen molar-refractivity contribution < 1.29 is 4.74 Å². The zero-order chi connectivity index (χ0) is 15.5. The molecule has 2 aliphatic carbocycles. The van der Waals surface area contributed by atoms with E-state index in [1.54, 1.807) is 13.3 Å². The van der Waals surface area contributed by atoms with Gasteiger partial charge in [0.25, 0.3) is 0 Å². The van der Waals surface area contributed by atoms with Crippen molar-refractivity contribution in [2.24, 2.45) is 0 Å². The van der Waals surface area contributed by atoms with Crippen molar-refractivity contribution in [1.82, 2.24) is 9.97 Å².